The van der Waals surface area contributed by atoms with Gasteiger partial charge in [-0.05, 0) is 20.3 Å². The Morgan fingerprint density at radius 1 is 1.40 bits per heavy atom. The van der Waals surface area contributed by atoms with Crippen molar-refractivity contribution >= 4 is 5.91 Å². The van der Waals surface area contributed by atoms with Crippen molar-refractivity contribution < 1.29 is 9.53 Å². The minimum absolute atomic E-state index is 0.0101. The Balaban J connectivity index is 3.47. The second-order valence-electron chi connectivity index (χ2n) is 4.31. The van der Waals surface area contributed by atoms with E-state index in [4.69, 9.17) is 10.5 Å². The van der Waals surface area contributed by atoms with Gasteiger partial charge in [0.05, 0.1) is 12.0 Å². The second kappa shape index (κ2) is 7.65. The van der Waals surface area contributed by atoms with Crippen molar-refractivity contribution in [3.8, 4) is 0 Å². The molecule has 0 rings (SSSR count). The summed E-state index contributed by atoms with van der Waals surface area (Å²) < 4.78 is 5.32. The number of hydrogen-bond acceptors (Lipinski definition) is 3. The Bertz CT molecular complexity index is 181. The first-order valence-corrected chi connectivity index (χ1v) is 5.60. The number of hydrogen-bond donors (Lipinski definition) is 2. The highest BCUT2D eigenvalue weighted by atomic mass is 16.5. The van der Waals surface area contributed by atoms with E-state index in [1.165, 1.54) is 0 Å². The van der Waals surface area contributed by atoms with Crippen LogP contribution in [0.25, 0.3) is 0 Å². The van der Waals surface area contributed by atoms with Crippen LogP contribution < -0.4 is 11.1 Å². The molecule has 0 saturated heterocycles. The summed E-state index contributed by atoms with van der Waals surface area (Å²) in [6.45, 7) is 8.05. The molecule has 0 aromatic carbocycles. The first kappa shape index (κ1) is 14.4. The summed E-state index contributed by atoms with van der Waals surface area (Å²) in [7, 11) is 0. The Kier molecular flexibility index (Phi) is 7.34. The highest BCUT2D eigenvalue weighted by molar-refractivity contribution is 5.81. The van der Waals surface area contributed by atoms with E-state index >= 15 is 0 Å². The Hall–Kier alpha value is -0.610. The lowest BCUT2D eigenvalue weighted by Gasteiger charge is -2.21. The first-order chi connectivity index (χ1) is 7.04. The molecule has 0 bridgehead atoms. The van der Waals surface area contributed by atoms with E-state index in [-0.39, 0.29) is 5.91 Å². The van der Waals surface area contributed by atoms with Crippen LogP contribution in [0.2, 0.25) is 0 Å². The highest BCUT2D eigenvalue weighted by Gasteiger charge is 2.24. The van der Waals surface area contributed by atoms with Gasteiger partial charge in [-0.3, -0.25) is 4.79 Å². The average molecular weight is 216 g/mol. The van der Waals surface area contributed by atoms with Crippen molar-refractivity contribution in [3.05, 3.63) is 0 Å². The third-order valence-electron chi connectivity index (χ3n) is 2.30. The molecule has 0 radical (unpaired) electrons. The Labute approximate surface area is 92.6 Å². The molecule has 0 aromatic rings. The topological polar surface area (TPSA) is 64.3 Å². The zero-order valence-corrected chi connectivity index (χ0v) is 10.1. The van der Waals surface area contributed by atoms with Crippen molar-refractivity contribution in [1.82, 2.24) is 5.32 Å². The molecule has 15 heavy (non-hydrogen) atoms. The summed E-state index contributed by atoms with van der Waals surface area (Å²) >= 11 is 0. The van der Waals surface area contributed by atoms with Crippen molar-refractivity contribution in [3.63, 3.8) is 0 Å². The van der Waals surface area contributed by atoms with E-state index < -0.39 is 5.41 Å². The lowest BCUT2D eigenvalue weighted by atomic mass is 9.93. The van der Waals surface area contributed by atoms with Gasteiger partial charge in [0, 0.05) is 19.7 Å². The summed E-state index contributed by atoms with van der Waals surface area (Å²) in [4.78, 5) is 11.5. The molecule has 0 atom stereocenters. The molecule has 0 aliphatic carbocycles. The molecule has 1 amide bonds. The van der Waals surface area contributed by atoms with E-state index in [2.05, 4.69) is 12.2 Å². The van der Waals surface area contributed by atoms with E-state index in [0.29, 0.717) is 19.7 Å². The number of carbonyl (C=O) groups is 1. The zero-order valence-electron chi connectivity index (χ0n) is 10.1. The van der Waals surface area contributed by atoms with Gasteiger partial charge >= 0.3 is 0 Å². The van der Waals surface area contributed by atoms with E-state index in [1.54, 1.807) is 0 Å². The van der Waals surface area contributed by atoms with Crippen LogP contribution in [-0.4, -0.2) is 32.2 Å². The minimum atomic E-state index is -0.483. The second-order valence-corrected chi connectivity index (χ2v) is 4.31. The third-order valence-corrected chi connectivity index (χ3v) is 2.30. The predicted octanol–water partition coefficient (Wildman–Crippen LogP) is 0.904. The number of nitrogens with one attached hydrogen (secondary N) is 1. The van der Waals surface area contributed by atoms with E-state index in [9.17, 15) is 4.79 Å². The minimum Gasteiger partial charge on any atom is -0.380 e. The molecular weight excluding hydrogens is 192 g/mol. The normalized spacial score (nSPS) is 11.5. The summed E-state index contributed by atoms with van der Waals surface area (Å²) in [5.74, 6) is -0.0101. The number of carbonyl (C=O) groups excluding carboxylic acids is 1. The van der Waals surface area contributed by atoms with Gasteiger partial charge in [0.1, 0.15) is 0 Å². The van der Waals surface area contributed by atoms with E-state index in [0.717, 1.165) is 19.4 Å². The number of nitrogens with two attached hydrogens (primary N) is 1. The molecule has 3 N–H and O–H groups in total. The molecule has 0 spiro atoms. The van der Waals surface area contributed by atoms with Gasteiger partial charge in [-0.15, -0.1) is 0 Å². The van der Waals surface area contributed by atoms with Crippen molar-refractivity contribution in [2.24, 2.45) is 11.1 Å². The standard InChI is InChI=1S/C11H24N2O2/c1-4-5-7-15-8-6-13-10(14)11(2,3)9-12/h4-9,12H2,1-3H3,(H,13,14). The maximum absolute atomic E-state index is 11.5. The molecule has 0 fully saturated rings. The SMILES string of the molecule is CCCCOCCNC(=O)C(C)(C)CN. The zero-order chi connectivity index (χ0) is 11.7. The Morgan fingerprint density at radius 3 is 2.60 bits per heavy atom. The van der Waals surface area contributed by atoms with Crippen LogP contribution in [0.1, 0.15) is 33.6 Å². The molecule has 4 heteroatoms. The molecular formula is C11H24N2O2. The van der Waals surface area contributed by atoms with Gasteiger partial charge in [-0.25, -0.2) is 0 Å². The van der Waals surface area contributed by atoms with Gasteiger partial charge < -0.3 is 15.8 Å². The number of rotatable bonds is 8. The fourth-order valence-corrected chi connectivity index (χ4v) is 0.917. The maximum atomic E-state index is 11.5. The lowest BCUT2D eigenvalue weighted by molar-refractivity contribution is -0.129. The maximum Gasteiger partial charge on any atom is 0.227 e. The van der Waals surface area contributed by atoms with Crippen LogP contribution in [0, 0.1) is 5.41 Å². The lowest BCUT2D eigenvalue weighted by Crippen LogP contribution is -2.42. The molecule has 0 heterocycles. The highest BCUT2D eigenvalue weighted by Crippen LogP contribution is 2.11. The summed E-state index contributed by atoms with van der Waals surface area (Å²) in [5, 5.41) is 2.81. The summed E-state index contributed by atoms with van der Waals surface area (Å²) in [6, 6.07) is 0. The monoisotopic (exact) mass is 216 g/mol. The van der Waals surface area contributed by atoms with Crippen LogP contribution in [0.5, 0.6) is 0 Å². The van der Waals surface area contributed by atoms with Crippen LogP contribution in [-0.2, 0) is 9.53 Å². The number of amides is 1. The smallest absolute Gasteiger partial charge is 0.227 e. The molecule has 0 aliphatic rings. The third kappa shape index (κ3) is 6.47. The van der Waals surface area contributed by atoms with Gasteiger partial charge in [0.25, 0.3) is 0 Å². The van der Waals surface area contributed by atoms with Crippen LogP contribution in [0.3, 0.4) is 0 Å². The van der Waals surface area contributed by atoms with Crippen molar-refractivity contribution in [2.75, 3.05) is 26.3 Å². The van der Waals surface area contributed by atoms with Crippen LogP contribution >= 0.6 is 0 Å². The molecule has 4 nitrogen and oxygen atoms in total. The van der Waals surface area contributed by atoms with Gasteiger partial charge in [-0.1, -0.05) is 13.3 Å². The molecule has 90 valence electrons. The average Bonchev–Trinajstić information content (AvgIpc) is 2.22. The van der Waals surface area contributed by atoms with Gasteiger partial charge in [-0.2, -0.15) is 0 Å². The molecule has 0 aliphatic heterocycles. The van der Waals surface area contributed by atoms with E-state index in [1.807, 2.05) is 13.8 Å². The summed E-state index contributed by atoms with van der Waals surface area (Å²) in [6.07, 6.45) is 2.20. The predicted molar refractivity (Wildman–Crippen MR) is 61.6 cm³/mol. The fourth-order valence-electron chi connectivity index (χ4n) is 0.917. The van der Waals surface area contributed by atoms with Crippen molar-refractivity contribution in [1.29, 1.82) is 0 Å². The number of ether oxygens (including phenoxy) is 1. The molecule has 0 unspecified atom stereocenters. The largest absolute Gasteiger partial charge is 0.380 e. The van der Waals surface area contributed by atoms with Crippen molar-refractivity contribution in [2.45, 2.75) is 33.6 Å². The fraction of sp³-hybridized carbons (Fsp3) is 0.909. The quantitative estimate of drug-likeness (QED) is 0.593. The molecule has 0 saturated carbocycles. The molecule has 0 aromatic heterocycles. The summed E-state index contributed by atoms with van der Waals surface area (Å²) in [5.41, 5.74) is 5.00. The van der Waals surface area contributed by atoms with Gasteiger partial charge in [0.15, 0.2) is 0 Å². The first-order valence-electron chi connectivity index (χ1n) is 5.60. The van der Waals surface area contributed by atoms with Crippen LogP contribution in [0.4, 0.5) is 0 Å². The Morgan fingerprint density at radius 2 is 2.07 bits per heavy atom. The van der Waals surface area contributed by atoms with Gasteiger partial charge in [0.2, 0.25) is 5.91 Å². The number of unbranched alkanes of at least 4 members (excludes halogenated alkanes) is 1. The van der Waals surface area contributed by atoms with Crippen LogP contribution in [0.15, 0.2) is 0 Å².